The molecular weight excluding hydrogens is 402 g/mol. The monoisotopic (exact) mass is 427 g/mol. The normalized spacial score (nSPS) is 10.8. The number of alkyl carbamates (subject to hydrolysis) is 1. The Bertz CT molecular complexity index is 656. The number of benzene rings is 1. The number of hydrogen-bond donors (Lipinski definition) is 3. The van der Waals surface area contributed by atoms with Gasteiger partial charge in [-0.1, -0.05) is 15.9 Å². The molecule has 3 N–H and O–H groups in total. The van der Waals surface area contributed by atoms with Crippen LogP contribution in [0.3, 0.4) is 0 Å². The van der Waals surface area contributed by atoms with Crippen molar-refractivity contribution in [3.8, 4) is 0 Å². The molecule has 0 aromatic heterocycles. The van der Waals surface area contributed by atoms with Gasteiger partial charge in [0.1, 0.15) is 5.60 Å². The van der Waals surface area contributed by atoms with E-state index in [4.69, 9.17) is 4.74 Å². The Morgan fingerprint density at radius 1 is 1.12 bits per heavy atom. The third-order valence-electron chi connectivity index (χ3n) is 3.16. The summed E-state index contributed by atoms with van der Waals surface area (Å²) in [5.74, 6) is -0.547. The van der Waals surface area contributed by atoms with Crippen molar-refractivity contribution in [3.63, 3.8) is 0 Å². The number of carbonyl (C=O) groups is 3. The van der Waals surface area contributed by atoms with Crippen LogP contribution in [0, 0.1) is 6.92 Å². The molecular formula is C18H26BrN3O4. The maximum Gasteiger partial charge on any atom is 0.407 e. The average molecular weight is 428 g/mol. The quantitative estimate of drug-likeness (QED) is 0.582. The van der Waals surface area contributed by atoms with Crippen LogP contribution in [0.1, 0.15) is 39.2 Å². The molecule has 0 bridgehead atoms. The maximum atomic E-state index is 11.9. The molecule has 0 aliphatic carbocycles. The second-order valence-corrected chi connectivity index (χ2v) is 7.73. The van der Waals surface area contributed by atoms with E-state index in [1.165, 1.54) is 0 Å². The summed E-state index contributed by atoms with van der Waals surface area (Å²) in [5.41, 5.74) is 1.07. The fourth-order valence-corrected chi connectivity index (χ4v) is 2.46. The first-order chi connectivity index (χ1) is 12.1. The molecule has 0 saturated heterocycles. The molecule has 0 spiro atoms. The van der Waals surface area contributed by atoms with E-state index in [1.807, 2.05) is 19.1 Å². The summed E-state index contributed by atoms with van der Waals surface area (Å²) in [5, 5.41) is 7.88. The molecule has 1 rings (SSSR count). The third-order valence-corrected chi connectivity index (χ3v) is 3.65. The molecule has 0 aliphatic rings. The summed E-state index contributed by atoms with van der Waals surface area (Å²) in [6.07, 6.45) is 0.154. The molecule has 144 valence electrons. The van der Waals surface area contributed by atoms with Gasteiger partial charge in [0, 0.05) is 23.1 Å². The van der Waals surface area contributed by atoms with Gasteiger partial charge in [-0.15, -0.1) is 0 Å². The second-order valence-electron chi connectivity index (χ2n) is 6.82. The van der Waals surface area contributed by atoms with Gasteiger partial charge in [0.05, 0.1) is 6.54 Å². The molecule has 3 amide bonds. The van der Waals surface area contributed by atoms with Crippen molar-refractivity contribution in [1.29, 1.82) is 0 Å². The summed E-state index contributed by atoms with van der Waals surface area (Å²) < 4.78 is 6.02. The summed E-state index contributed by atoms with van der Waals surface area (Å²) in [6, 6.07) is 5.52. The van der Waals surface area contributed by atoms with Crippen LogP contribution in [0.15, 0.2) is 22.7 Å². The average Bonchev–Trinajstić information content (AvgIpc) is 2.50. The fraction of sp³-hybridized carbons (Fsp3) is 0.500. The molecule has 0 radical (unpaired) electrons. The van der Waals surface area contributed by atoms with Crippen LogP contribution in [0.5, 0.6) is 0 Å². The summed E-state index contributed by atoms with van der Waals surface area (Å²) in [7, 11) is 0. The molecule has 7 nitrogen and oxygen atoms in total. The molecule has 8 heteroatoms. The van der Waals surface area contributed by atoms with Gasteiger partial charge >= 0.3 is 6.09 Å². The molecule has 0 heterocycles. The zero-order valence-corrected chi connectivity index (χ0v) is 17.2. The molecule has 1 aromatic rings. The minimum absolute atomic E-state index is 0.103. The lowest BCUT2D eigenvalue weighted by Crippen LogP contribution is -2.35. The van der Waals surface area contributed by atoms with Crippen LogP contribution in [-0.4, -0.2) is 36.6 Å². The van der Waals surface area contributed by atoms with Crippen molar-refractivity contribution in [3.05, 3.63) is 28.2 Å². The minimum Gasteiger partial charge on any atom is -0.444 e. The highest BCUT2D eigenvalue weighted by Gasteiger charge is 2.15. The number of hydrogen-bond acceptors (Lipinski definition) is 4. The largest absolute Gasteiger partial charge is 0.444 e. The van der Waals surface area contributed by atoms with Crippen molar-refractivity contribution < 1.29 is 19.1 Å². The van der Waals surface area contributed by atoms with Crippen molar-refractivity contribution in [2.75, 3.05) is 18.4 Å². The van der Waals surface area contributed by atoms with Gasteiger partial charge in [-0.3, -0.25) is 9.59 Å². The van der Waals surface area contributed by atoms with Crippen molar-refractivity contribution in [1.82, 2.24) is 10.6 Å². The van der Waals surface area contributed by atoms with Gasteiger partial charge in [-0.2, -0.15) is 0 Å². The van der Waals surface area contributed by atoms with Crippen molar-refractivity contribution >= 4 is 39.5 Å². The van der Waals surface area contributed by atoms with E-state index in [0.29, 0.717) is 18.7 Å². The van der Waals surface area contributed by atoms with Crippen LogP contribution in [-0.2, 0) is 14.3 Å². The van der Waals surface area contributed by atoms with E-state index in [1.54, 1.807) is 26.8 Å². The molecule has 0 fully saturated rings. The lowest BCUT2D eigenvalue weighted by atomic mass is 10.2. The highest BCUT2D eigenvalue weighted by atomic mass is 79.9. The Labute approximate surface area is 162 Å². The Hall–Kier alpha value is -2.09. The predicted molar refractivity (Wildman–Crippen MR) is 104 cm³/mol. The lowest BCUT2D eigenvalue weighted by molar-refractivity contribution is -0.124. The summed E-state index contributed by atoms with van der Waals surface area (Å²) in [4.78, 5) is 35.1. The Morgan fingerprint density at radius 2 is 1.81 bits per heavy atom. The first kappa shape index (κ1) is 22.0. The molecule has 1 aromatic carbocycles. The third kappa shape index (κ3) is 9.41. The van der Waals surface area contributed by atoms with Crippen LogP contribution < -0.4 is 16.0 Å². The number of halogens is 1. The van der Waals surface area contributed by atoms with E-state index in [9.17, 15) is 14.4 Å². The van der Waals surface area contributed by atoms with Crippen molar-refractivity contribution in [2.45, 2.75) is 46.1 Å². The number of nitrogens with one attached hydrogen (secondary N) is 3. The van der Waals surface area contributed by atoms with Crippen LogP contribution in [0.25, 0.3) is 0 Å². The number of anilines is 1. The zero-order chi connectivity index (χ0) is 19.7. The second kappa shape index (κ2) is 10.2. The highest BCUT2D eigenvalue weighted by molar-refractivity contribution is 9.10. The van der Waals surface area contributed by atoms with Crippen LogP contribution >= 0.6 is 15.9 Å². The van der Waals surface area contributed by atoms with E-state index >= 15 is 0 Å². The number of amides is 3. The van der Waals surface area contributed by atoms with E-state index in [0.717, 1.165) is 10.0 Å². The molecule has 0 unspecified atom stereocenters. The number of ether oxygens (including phenoxy) is 1. The van der Waals surface area contributed by atoms with E-state index in [-0.39, 0.29) is 24.8 Å². The molecule has 0 atom stereocenters. The minimum atomic E-state index is -0.554. The number of rotatable bonds is 7. The Balaban J connectivity index is 2.21. The molecule has 0 aliphatic heterocycles. The highest BCUT2D eigenvalue weighted by Crippen LogP contribution is 2.19. The van der Waals surface area contributed by atoms with Gasteiger partial charge in [-0.05, 0) is 57.9 Å². The molecule has 0 saturated carbocycles. The first-order valence-electron chi connectivity index (χ1n) is 8.36. The van der Waals surface area contributed by atoms with Gasteiger partial charge in [0.15, 0.2) is 0 Å². The van der Waals surface area contributed by atoms with Gasteiger partial charge in [-0.25, -0.2) is 4.79 Å². The first-order valence-corrected chi connectivity index (χ1v) is 9.15. The van der Waals surface area contributed by atoms with Gasteiger partial charge in [0.2, 0.25) is 11.8 Å². The molecule has 26 heavy (non-hydrogen) atoms. The topological polar surface area (TPSA) is 96.5 Å². The number of aryl methyl sites for hydroxylation is 1. The smallest absolute Gasteiger partial charge is 0.407 e. The lowest BCUT2D eigenvalue weighted by Gasteiger charge is -2.19. The Kier molecular flexibility index (Phi) is 8.57. The van der Waals surface area contributed by atoms with Gasteiger partial charge in [0.25, 0.3) is 0 Å². The summed E-state index contributed by atoms with van der Waals surface area (Å²) >= 11 is 3.36. The van der Waals surface area contributed by atoms with Gasteiger partial charge < -0.3 is 20.7 Å². The Morgan fingerprint density at radius 3 is 2.42 bits per heavy atom. The standard InChI is InChI=1S/C18H26BrN3O4/c1-12-10-13(19)7-8-14(12)22-16(24)11-21-15(23)6-5-9-20-17(25)26-18(2,3)4/h7-8,10H,5-6,9,11H2,1-4H3,(H,20,25)(H,21,23)(H,22,24). The van der Waals surface area contributed by atoms with Crippen molar-refractivity contribution in [2.24, 2.45) is 0 Å². The number of carbonyl (C=O) groups excluding carboxylic acids is 3. The summed E-state index contributed by atoms with van der Waals surface area (Å²) in [6.45, 7) is 7.44. The zero-order valence-electron chi connectivity index (χ0n) is 15.6. The predicted octanol–water partition coefficient (Wildman–Crippen LogP) is 3.12. The van der Waals surface area contributed by atoms with E-state index < -0.39 is 11.7 Å². The SMILES string of the molecule is Cc1cc(Br)ccc1NC(=O)CNC(=O)CCCNC(=O)OC(C)(C)C. The fourth-order valence-electron chi connectivity index (χ4n) is 1.98. The van der Waals surface area contributed by atoms with Crippen LogP contribution in [0.2, 0.25) is 0 Å². The van der Waals surface area contributed by atoms with E-state index in [2.05, 4.69) is 31.9 Å². The maximum absolute atomic E-state index is 11.9. The van der Waals surface area contributed by atoms with Crippen LogP contribution in [0.4, 0.5) is 10.5 Å².